The van der Waals surface area contributed by atoms with E-state index in [2.05, 4.69) is 9.97 Å². The number of benzene rings is 1. The van der Waals surface area contributed by atoms with Crippen LogP contribution in [0.4, 0.5) is 0 Å². The van der Waals surface area contributed by atoms with Crippen LogP contribution in [0.5, 0.6) is 0 Å². The highest BCUT2D eigenvalue weighted by atomic mass is 16.5. The molecule has 1 aromatic carbocycles. The van der Waals surface area contributed by atoms with Gasteiger partial charge in [0.05, 0.1) is 23.6 Å². The molecule has 2 aromatic rings. The topological polar surface area (TPSA) is 75.3 Å². The Morgan fingerprint density at radius 2 is 2.26 bits per heavy atom. The predicted octanol–water partition coefficient (Wildman–Crippen LogP) is 1.49. The van der Waals surface area contributed by atoms with Gasteiger partial charge < -0.3 is 14.6 Å². The number of nitrogens with one attached hydrogen (secondary N) is 1. The quantitative estimate of drug-likeness (QED) is 0.927. The van der Waals surface area contributed by atoms with Crippen LogP contribution < -0.4 is 5.56 Å². The monoisotopic (exact) mass is 315 g/mol. The zero-order chi connectivity index (χ0) is 16.2. The lowest BCUT2D eigenvalue weighted by Gasteiger charge is -2.31. The van der Waals surface area contributed by atoms with Crippen molar-refractivity contribution in [2.24, 2.45) is 0 Å². The number of fused-ring (bicyclic) bond motifs is 1. The van der Waals surface area contributed by atoms with Gasteiger partial charge >= 0.3 is 0 Å². The third-order valence-corrected chi connectivity index (χ3v) is 4.06. The second-order valence-electron chi connectivity index (χ2n) is 5.90. The first kappa shape index (κ1) is 15.7. The third-order valence-electron chi connectivity index (χ3n) is 4.06. The van der Waals surface area contributed by atoms with E-state index in [4.69, 9.17) is 4.74 Å². The third kappa shape index (κ3) is 3.76. The molecular formula is C17H21N3O3. The number of amides is 1. The number of para-hydroxylation sites is 1. The molecule has 6 nitrogen and oxygen atoms in total. The molecule has 0 spiro atoms. The van der Waals surface area contributed by atoms with Gasteiger partial charge in [-0.25, -0.2) is 4.98 Å². The van der Waals surface area contributed by atoms with Crippen LogP contribution in [0.25, 0.3) is 10.9 Å². The first-order chi connectivity index (χ1) is 11.1. The second-order valence-corrected chi connectivity index (χ2v) is 5.90. The number of nitrogens with zero attached hydrogens (tertiary/aromatic N) is 2. The number of H-pyrrole nitrogens is 1. The highest BCUT2D eigenvalue weighted by molar-refractivity contribution is 5.77. The molecule has 1 aliphatic heterocycles. The van der Waals surface area contributed by atoms with E-state index in [1.165, 1.54) is 0 Å². The van der Waals surface area contributed by atoms with Gasteiger partial charge in [-0.15, -0.1) is 0 Å². The Morgan fingerprint density at radius 3 is 3.09 bits per heavy atom. The molecule has 0 saturated carbocycles. The van der Waals surface area contributed by atoms with E-state index in [1.807, 2.05) is 30.0 Å². The number of carbonyl (C=O) groups excluding carboxylic acids is 1. The highest BCUT2D eigenvalue weighted by Crippen LogP contribution is 2.10. The summed E-state index contributed by atoms with van der Waals surface area (Å²) in [6.45, 7) is 3.90. The fourth-order valence-electron chi connectivity index (χ4n) is 2.86. The minimum Gasteiger partial charge on any atom is -0.375 e. The van der Waals surface area contributed by atoms with Crippen molar-refractivity contribution in [1.82, 2.24) is 14.9 Å². The number of aromatic amines is 1. The second kappa shape index (κ2) is 6.91. The fourth-order valence-corrected chi connectivity index (χ4v) is 2.86. The van der Waals surface area contributed by atoms with Crippen molar-refractivity contribution in [3.8, 4) is 0 Å². The van der Waals surface area contributed by atoms with Crippen molar-refractivity contribution in [1.29, 1.82) is 0 Å². The summed E-state index contributed by atoms with van der Waals surface area (Å²) in [5.74, 6) is 0.778. The molecular weight excluding hydrogens is 294 g/mol. The summed E-state index contributed by atoms with van der Waals surface area (Å²) < 4.78 is 5.44. The molecule has 0 bridgehead atoms. The highest BCUT2D eigenvalue weighted by Gasteiger charge is 2.20. The van der Waals surface area contributed by atoms with Gasteiger partial charge in [-0.05, 0) is 25.5 Å². The van der Waals surface area contributed by atoms with Gasteiger partial charge in [-0.1, -0.05) is 12.1 Å². The van der Waals surface area contributed by atoms with Gasteiger partial charge in [0.25, 0.3) is 5.56 Å². The molecule has 1 amide bonds. The zero-order valence-electron chi connectivity index (χ0n) is 13.2. The summed E-state index contributed by atoms with van der Waals surface area (Å²) >= 11 is 0. The predicted molar refractivity (Wildman–Crippen MR) is 87.3 cm³/mol. The standard InChI is InChI=1S/C17H21N3O3/c1-12-11-20(9-10-23-12)16(21)8-4-7-15-18-14-6-3-2-5-13(14)17(22)19-15/h2-3,5-6,12H,4,7-11H2,1H3,(H,18,19,22)/t12-/m0/s1. The smallest absolute Gasteiger partial charge is 0.258 e. The number of hydrogen-bond acceptors (Lipinski definition) is 4. The Bertz CT molecular complexity index is 756. The Kier molecular flexibility index (Phi) is 4.71. The molecule has 1 aromatic heterocycles. The maximum Gasteiger partial charge on any atom is 0.258 e. The molecule has 1 N–H and O–H groups in total. The van der Waals surface area contributed by atoms with E-state index in [1.54, 1.807) is 6.07 Å². The average Bonchev–Trinajstić information content (AvgIpc) is 2.55. The van der Waals surface area contributed by atoms with Gasteiger partial charge in [0.2, 0.25) is 5.91 Å². The van der Waals surface area contributed by atoms with E-state index in [0.717, 1.165) is 0 Å². The molecule has 1 atom stereocenters. The lowest BCUT2D eigenvalue weighted by Crippen LogP contribution is -2.44. The molecule has 23 heavy (non-hydrogen) atoms. The van der Waals surface area contributed by atoms with Crippen LogP contribution in [0.1, 0.15) is 25.6 Å². The zero-order valence-corrected chi connectivity index (χ0v) is 13.2. The van der Waals surface area contributed by atoms with Crippen molar-refractivity contribution < 1.29 is 9.53 Å². The van der Waals surface area contributed by atoms with Crippen LogP contribution in [0.15, 0.2) is 29.1 Å². The van der Waals surface area contributed by atoms with Crippen molar-refractivity contribution in [3.63, 3.8) is 0 Å². The van der Waals surface area contributed by atoms with Crippen molar-refractivity contribution in [2.75, 3.05) is 19.7 Å². The van der Waals surface area contributed by atoms with E-state index < -0.39 is 0 Å². The van der Waals surface area contributed by atoms with Crippen LogP contribution in [0.2, 0.25) is 0 Å². The number of rotatable bonds is 4. The average molecular weight is 315 g/mol. The largest absolute Gasteiger partial charge is 0.375 e. The molecule has 0 radical (unpaired) electrons. The molecule has 0 unspecified atom stereocenters. The van der Waals surface area contributed by atoms with Crippen molar-refractivity contribution >= 4 is 16.8 Å². The maximum absolute atomic E-state index is 12.2. The molecule has 3 rings (SSSR count). The molecule has 1 fully saturated rings. The number of hydrogen-bond donors (Lipinski definition) is 1. The number of aromatic nitrogens is 2. The Hall–Kier alpha value is -2.21. The molecule has 1 saturated heterocycles. The SMILES string of the molecule is C[C@H]1CN(C(=O)CCCc2nc3ccccc3c(=O)[nH]2)CCO1. The number of ether oxygens (including phenoxy) is 1. The minimum atomic E-state index is -0.126. The molecule has 2 heterocycles. The van der Waals surface area contributed by atoms with Crippen LogP contribution >= 0.6 is 0 Å². The summed E-state index contributed by atoms with van der Waals surface area (Å²) in [5.41, 5.74) is 0.568. The number of carbonyl (C=O) groups is 1. The van der Waals surface area contributed by atoms with Gasteiger partial charge in [-0.2, -0.15) is 0 Å². The molecule has 122 valence electrons. The summed E-state index contributed by atoms with van der Waals surface area (Å²) in [4.78, 5) is 33.3. The molecule has 1 aliphatic rings. The summed E-state index contributed by atoms with van der Waals surface area (Å²) in [5, 5.41) is 0.592. The first-order valence-electron chi connectivity index (χ1n) is 8.01. The fraction of sp³-hybridized carbons (Fsp3) is 0.471. The Labute approximate surface area is 134 Å². The van der Waals surface area contributed by atoms with Crippen molar-refractivity contribution in [3.05, 3.63) is 40.4 Å². The van der Waals surface area contributed by atoms with Crippen LogP contribution in [0.3, 0.4) is 0 Å². The molecule has 6 heteroatoms. The van der Waals surface area contributed by atoms with Gasteiger partial charge in [0.1, 0.15) is 5.82 Å². The summed E-state index contributed by atoms with van der Waals surface area (Å²) in [6, 6.07) is 7.27. The Morgan fingerprint density at radius 1 is 1.43 bits per heavy atom. The van der Waals surface area contributed by atoms with Crippen LogP contribution in [-0.2, 0) is 16.0 Å². The first-order valence-corrected chi connectivity index (χ1v) is 8.01. The minimum absolute atomic E-state index is 0.103. The lowest BCUT2D eigenvalue weighted by molar-refractivity contribution is -0.138. The van der Waals surface area contributed by atoms with E-state index >= 15 is 0 Å². The maximum atomic E-state index is 12.2. The van der Waals surface area contributed by atoms with E-state index in [9.17, 15) is 9.59 Å². The van der Waals surface area contributed by atoms with E-state index in [-0.39, 0.29) is 17.6 Å². The van der Waals surface area contributed by atoms with Gasteiger partial charge in [-0.3, -0.25) is 9.59 Å². The number of aryl methyl sites for hydroxylation is 1. The summed E-state index contributed by atoms with van der Waals surface area (Å²) in [7, 11) is 0. The normalized spacial score (nSPS) is 18.3. The Balaban J connectivity index is 1.58. The van der Waals surface area contributed by atoms with Gasteiger partial charge in [0.15, 0.2) is 0 Å². The lowest BCUT2D eigenvalue weighted by atomic mass is 10.2. The van der Waals surface area contributed by atoms with Crippen LogP contribution in [-0.4, -0.2) is 46.6 Å². The number of morpholine rings is 1. The van der Waals surface area contributed by atoms with Gasteiger partial charge in [0, 0.05) is 25.9 Å². The van der Waals surface area contributed by atoms with Crippen molar-refractivity contribution in [2.45, 2.75) is 32.3 Å². The van der Waals surface area contributed by atoms with E-state index in [0.29, 0.717) is 55.7 Å². The van der Waals surface area contributed by atoms with Crippen LogP contribution in [0, 0.1) is 0 Å². The molecule has 0 aliphatic carbocycles. The summed E-state index contributed by atoms with van der Waals surface area (Å²) in [6.07, 6.45) is 1.83.